The lowest BCUT2D eigenvalue weighted by atomic mass is 10.2. The second-order valence-electron chi connectivity index (χ2n) is 4.31. The van der Waals surface area contributed by atoms with E-state index in [1.165, 1.54) is 0 Å². The number of ether oxygens (including phenoxy) is 2. The van der Waals surface area contributed by atoms with E-state index in [1.807, 2.05) is 47.1 Å². The molecule has 20 heavy (non-hydrogen) atoms. The summed E-state index contributed by atoms with van der Waals surface area (Å²) in [5, 5.41) is 0. The molecule has 0 aliphatic heterocycles. The Morgan fingerprint density at radius 3 is 2.65 bits per heavy atom. The Labute approximate surface area is 125 Å². The van der Waals surface area contributed by atoms with Crippen LogP contribution in [0.1, 0.15) is 0 Å². The highest BCUT2D eigenvalue weighted by atomic mass is 79.9. The average Bonchev–Trinajstić information content (AvgIpc) is 2.89. The first kappa shape index (κ1) is 13.0. The van der Waals surface area contributed by atoms with E-state index in [1.54, 1.807) is 14.2 Å². The van der Waals surface area contributed by atoms with Gasteiger partial charge >= 0.3 is 0 Å². The molecule has 0 unspecified atom stereocenters. The molecule has 3 aromatic rings. The van der Waals surface area contributed by atoms with Crippen molar-refractivity contribution in [1.29, 1.82) is 0 Å². The van der Waals surface area contributed by atoms with Gasteiger partial charge in [-0.2, -0.15) is 0 Å². The lowest BCUT2D eigenvalue weighted by Crippen LogP contribution is -1.86. The first-order valence-electron chi connectivity index (χ1n) is 6.08. The Bertz CT molecular complexity index is 768. The fraction of sp³-hybridized carbons (Fsp3) is 0.133. The van der Waals surface area contributed by atoms with Gasteiger partial charge in [0.05, 0.1) is 24.4 Å². The van der Waals surface area contributed by atoms with Gasteiger partial charge in [-0.05, 0) is 40.2 Å². The molecule has 0 fully saturated rings. The van der Waals surface area contributed by atoms with E-state index in [-0.39, 0.29) is 0 Å². The summed E-state index contributed by atoms with van der Waals surface area (Å²) in [6.45, 7) is 0. The lowest BCUT2D eigenvalue weighted by Gasteiger charge is -2.04. The van der Waals surface area contributed by atoms with Crippen LogP contribution >= 0.6 is 15.9 Å². The molecular weight excluding hydrogens is 320 g/mol. The van der Waals surface area contributed by atoms with Crippen LogP contribution in [0.25, 0.3) is 16.9 Å². The number of hydrogen-bond donors (Lipinski definition) is 0. The summed E-state index contributed by atoms with van der Waals surface area (Å²) in [5.74, 6) is 1.60. The van der Waals surface area contributed by atoms with E-state index in [2.05, 4.69) is 20.9 Å². The molecule has 0 saturated heterocycles. The third-order valence-electron chi connectivity index (χ3n) is 3.11. The molecule has 0 atom stereocenters. The first-order chi connectivity index (χ1) is 9.71. The zero-order valence-corrected chi connectivity index (χ0v) is 12.7. The molecule has 102 valence electrons. The quantitative estimate of drug-likeness (QED) is 0.732. The summed E-state index contributed by atoms with van der Waals surface area (Å²) in [7, 11) is 3.30. The minimum atomic E-state index is 0.797. The van der Waals surface area contributed by atoms with Crippen molar-refractivity contribution < 1.29 is 9.47 Å². The maximum atomic E-state index is 5.24. The molecule has 0 saturated carbocycles. The highest BCUT2D eigenvalue weighted by Crippen LogP contribution is 2.30. The van der Waals surface area contributed by atoms with Crippen molar-refractivity contribution in [1.82, 2.24) is 9.38 Å². The number of halogens is 1. The minimum absolute atomic E-state index is 0.797. The van der Waals surface area contributed by atoms with E-state index in [9.17, 15) is 0 Å². The smallest absolute Gasteiger partial charge is 0.141 e. The van der Waals surface area contributed by atoms with Crippen molar-refractivity contribution in [3.05, 3.63) is 47.2 Å². The Hall–Kier alpha value is -2.01. The van der Waals surface area contributed by atoms with Crippen molar-refractivity contribution >= 4 is 21.6 Å². The Morgan fingerprint density at radius 2 is 1.95 bits per heavy atom. The van der Waals surface area contributed by atoms with Gasteiger partial charge in [-0.15, -0.1) is 0 Å². The molecule has 0 amide bonds. The molecule has 0 radical (unpaired) electrons. The van der Waals surface area contributed by atoms with Gasteiger partial charge in [0.2, 0.25) is 0 Å². The number of rotatable bonds is 3. The van der Waals surface area contributed by atoms with E-state index in [4.69, 9.17) is 9.47 Å². The molecular formula is C15H13BrN2O2. The summed E-state index contributed by atoms with van der Waals surface area (Å²) >= 11 is 3.49. The van der Waals surface area contributed by atoms with Crippen LogP contribution in [0.5, 0.6) is 11.5 Å². The number of aromatic nitrogens is 2. The standard InChI is InChI=1S/C15H13BrN2O2/c1-19-11-5-6-18-9-13(17-15(18)8-11)10-3-4-14(20-2)12(16)7-10/h3-9H,1-2H3. The Kier molecular flexibility index (Phi) is 3.36. The predicted molar refractivity (Wildman–Crippen MR) is 81.4 cm³/mol. The topological polar surface area (TPSA) is 35.8 Å². The predicted octanol–water partition coefficient (Wildman–Crippen LogP) is 3.78. The third-order valence-corrected chi connectivity index (χ3v) is 3.73. The summed E-state index contributed by atoms with van der Waals surface area (Å²) in [4.78, 5) is 4.61. The largest absolute Gasteiger partial charge is 0.497 e. The van der Waals surface area contributed by atoms with Gasteiger partial charge in [-0.1, -0.05) is 0 Å². The second kappa shape index (κ2) is 5.17. The van der Waals surface area contributed by atoms with Gasteiger partial charge in [-0.3, -0.25) is 0 Å². The minimum Gasteiger partial charge on any atom is -0.497 e. The van der Waals surface area contributed by atoms with Crippen LogP contribution in [0.4, 0.5) is 0 Å². The molecule has 4 nitrogen and oxygen atoms in total. The first-order valence-corrected chi connectivity index (χ1v) is 6.87. The van der Waals surface area contributed by atoms with Crippen molar-refractivity contribution in [2.45, 2.75) is 0 Å². The van der Waals surface area contributed by atoms with Crippen molar-refractivity contribution in [3.63, 3.8) is 0 Å². The maximum absolute atomic E-state index is 5.24. The number of imidazole rings is 1. The van der Waals surface area contributed by atoms with Crippen LogP contribution in [-0.2, 0) is 0 Å². The van der Waals surface area contributed by atoms with Crippen LogP contribution in [0, 0.1) is 0 Å². The van der Waals surface area contributed by atoms with E-state index in [0.29, 0.717) is 0 Å². The molecule has 1 aromatic carbocycles. The Balaban J connectivity index is 2.07. The van der Waals surface area contributed by atoms with E-state index >= 15 is 0 Å². The fourth-order valence-corrected chi connectivity index (χ4v) is 2.60. The fourth-order valence-electron chi connectivity index (χ4n) is 2.05. The highest BCUT2D eigenvalue weighted by molar-refractivity contribution is 9.10. The molecule has 0 aliphatic rings. The van der Waals surface area contributed by atoms with Crippen LogP contribution in [0.15, 0.2) is 47.2 Å². The molecule has 5 heteroatoms. The molecule has 0 N–H and O–H groups in total. The molecule has 0 spiro atoms. The van der Waals surface area contributed by atoms with Gasteiger partial charge in [0, 0.05) is 24.0 Å². The average molecular weight is 333 g/mol. The summed E-state index contributed by atoms with van der Waals surface area (Å²) < 4.78 is 13.3. The van der Waals surface area contributed by atoms with E-state index in [0.717, 1.165) is 32.9 Å². The molecule has 2 heterocycles. The number of methoxy groups -OCH3 is 2. The number of hydrogen-bond acceptors (Lipinski definition) is 3. The normalized spacial score (nSPS) is 10.8. The van der Waals surface area contributed by atoms with Gasteiger partial charge in [0.25, 0.3) is 0 Å². The van der Waals surface area contributed by atoms with Gasteiger partial charge in [0.15, 0.2) is 0 Å². The van der Waals surface area contributed by atoms with Crippen LogP contribution in [0.2, 0.25) is 0 Å². The lowest BCUT2D eigenvalue weighted by molar-refractivity contribution is 0.412. The molecule has 0 bridgehead atoms. The van der Waals surface area contributed by atoms with Crippen molar-refractivity contribution in [2.75, 3.05) is 14.2 Å². The van der Waals surface area contributed by atoms with Gasteiger partial charge in [-0.25, -0.2) is 4.98 Å². The zero-order chi connectivity index (χ0) is 14.1. The summed E-state index contributed by atoms with van der Waals surface area (Å²) in [6, 6.07) is 9.72. The zero-order valence-electron chi connectivity index (χ0n) is 11.1. The molecule has 3 rings (SSSR count). The van der Waals surface area contributed by atoms with Crippen molar-refractivity contribution in [2.24, 2.45) is 0 Å². The number of benzene rings is 1. The number of fused-ring (bicyclic) bond motifs is 1. The third kappa shape index (κ3) is 2.25. The van der Waals surface area contributed by atoms with Crippen LogP contribution in [0.3, 0.4) is 0 Å². The van der Waals surface area contributed by atoms with Gasteiger partial charge in [0.1, 0.15) is 17.1 Å². The van der Waals surface area contributed by atoms with Crippen molar-refractivity contribution in [3.8, 4) is 22.8 Å². The summed E-state index contributed by atoms with van der Waals surface area (Å²) in [5.41, 5.74) is 2.79. The second-order valence-corrected chi connectivity index (χ2v) is 5.16. The van der Waals surface area contributed by atoms with Crippen LogP contribution < -0.4 is 9.47 Å². The highest BCUT2D eigenvalue weighted by Gasteiger charge is 2.08. The Morgan fingerprint density at radius 1 is 1.10 bits per heavy atom. The number of pyridine rings is 1. The van der Waals surface area contributed by atoms with Gasteiger partial charge < -0.3 is 13.9 Å². The number of nitrogens with zero attached hydrogens (tertiary/aromatic N) is 2. The monoisotopic (exact) mass is 332 g/mol. The summed E-state index contributed by atoms with van der Waals surface area (Å²) in [6.07, 6.45) is 3.92. The SMILES string of the molecule is COc1ccn2cc(-c3ccc(OC)c(Br)c3)nc2c1. The van der Waals surface area contributed by atoms with E-state index < -0.39 is 0 Å². The molecule has 2 aromatic heterocycles. The van der Waals surface area contributed by atoms with Crippen LogP contribution in [-0.4, -0.2) is 23.6 Å². The maximum Gasteiger partial charge on any atom is 0.141 e. The molecule has 0 aliphatic carbocycles.